The first-order valence-corrected chi connectivity index (χ1v) is 8.31. The molecule has 4 nitrogen and oxygen atoms in total. The van der Waals surface area contributed by atoms with Crippen LogP contribution in [0.5, 0.6) is 5.75 Å². The summed E-state index contributed by atoms with van der Waals surface area (Å²) in [6.07, 6.45) is 2.71. The Kier molecular flexibility index (Phi) is 7.04. The highest BCUT2D eigenvalue weighted by molar-refractivity contribution is 6.35. The Labute approximate surface area is 156 Å². The molecule has 0 aliphatic carbocycles. The zero-order valence-electron chi connectivity index (χ0n) is 13.5. The Morgan fingerprint density at radius 2 is 1.80 bits per heavy atom. The minimum absolute atomic E-state index is 0.297. The van der Waals surface area contributed by atoms with E-state index in [2.05, 4.69) is 0 Å². The van der Waals surface area contributed by atoms with E-state index in [4.69, 9.17) is 32.7 Å². The summed E-state index contributed by atoms with van der Waals surface area (Å²) in [5.74, 6) is -0.251. The van der Waals surface area contributed by atoms with Crippen LogP contribution in [0, 0.1) is 0 Å². The Morgan fingerprint density at radius 3 is 2.44 bits per heavy atom. The number of carbonyl (C=O) groups is 2. The average Bonchev–Trinajstić information content (AvgIpc) is 2.60. The molecule has 0 aliphatic heterocycles. The van der Waals surface area contributed by atoms with Crippen LogP contribution in [0.1, 0.15) is 22.8 Å². The van der Waals surface area contributed by atoms with Gasteiger partial charge in [0.1, 0.15) is 5.75 Å². The number of halogens is 2. The number of esters is 1. The summed E-state index contributed by atoms with van der Waals surface area (Å²) in [7, 11) is 0. The zero-order chi connectivity index (χ0) is 18.2. The normalized spacial score (nSPS) is 10.7. The van der Waals surface area contributed by atoms with Crippen molar-refractivity contribution >= 4 is 41.0 Å². The maximum Gasteiger partial charge on any atom is 0.331 e. The SMILES string of the molecule is CCOc1ccc(C(=O)COC(=O)/C=C/c2ccc(Cl)cc2Cl)cc1. The third-order valence-electron chi connectivity index (χ3n) is 3.19. The Morgan fingerprint density at radius 1 is 1.08 bits per heavy atom. The van der Waals surface area contributed by atoms with Gasteiger partial charge in [0.25, 0.3) is 0 Å². The number of ketones is 1. The van der Waals surface area contributed by atoms with Gasteiger partial charge in [-0.05, 0) is 55.0 Å². The summed E-state index contributed by atoms with van der Waals surface area (Å²) in [6.45, 7) is 2.09. The van der Waals surface area contributed by atoms with Crippen LogP contribution in [0.25, 0.3) is 6.08 Å². The minimum Gasteiger partial charge on any atom is -0.494 e. The lowest BCUT2D eigenvalue weighted by Gasteiger charge is -2.05. The van der Waals surface area contributed by atoms with Crippen LogP contribution >= 0.6 is 23.2 Å². The fourth-order valence-corrected chi connectivity index (χ4v) is 2.44. The summed E-state index contributed by atoms with van der Waals surface area (Å²) in [5.41, 5.74) is 1.07. The first-order valence-electron chi connectivity index (χ1n) is 7.55. The molecule has 0 saturated carbocycles. The van der Waals surface area contributed by atoms with Gasteiger partial charge in [0.2, 0.25) is 0 Å². The molecular weight excluding hydrogens is 363 g/mol. The Balaban J connectivity index is 1.88. The van der Waals surface area contributed by atoms with E-state index in [9.17, 15) is 9.59 Å². The van der Waals surface area contributed by atoms with Gasteiger partial charge in [-0.15, -0.1) is 0 Å². The molecule has 2 rings (SSSR count). The summed E-state index contributed by atoms with van der Waals surface area (Å²) in [4.78, 5) is 23.7. The van der Waals surface area contributed by atoms with E-state index in [0.717, 1.165) is 0 Å². The molecule has 0 N–H and O–H groups in total. The predicted molar refractivity (Wildman–Crippen MR) is 98.4 cm³/mol. The number of carbonyl (C=O) groups excluding carboxylic acids is 2. The van der Waals surface area contributed by atoms with Gasteiger partial charge < -0.3 is 9.47 Å². The Hall–Kier alpha value is -2.30. The summed E-state index contributed by atoms with van der Waals surface area (Å²) >= 11 is 11.8. The average molecular weight is 379 g/mol. The van der Waals surface area contributed by atoms with Crippen molar-refractivity contribution in [3.8, 4) is 5.75 Å². The van der Waals surface area contributed by atoms with E-state index in [-0.39, 0.29) is 12.4 Å². The summed E-state index contributed by atoms with van der Waals surface area (Å²) in [5, 5.41) is 0.924. The second kappa shape index (κ2) is 9.25. The second-order valence-electron chi connectivity index (χ2n) is 4.99. The van der Waals surface area contributed by atoms with Crippen LogP contribution in [0.3, 0.4) is 0 Å². The van der Waals surface area contributed by atoms with E-state index < -0.39 is 5.97 Å². The number of Topliss-reactive ketones (excluding diaryl/α,β-unsaturated/α-hetero) is 1. The van der Waals surface area contributed by atoms with Crippen molar-refractivity contribution < 1.29 is 19.1 Å². The molecule has 0 spiro atoms. The van der Waals surface area contributed by atoms with Crippen LogP contribution in [0.4, 0.5) is 0 Å². The molecule has 0 fully saturated rings. The fourth-order valence-electron chi connectivity index (χ4n) is 1.97. The van der Waals surface area contributed by atoms with Crippen LogP contribution < -0.4 is 4.74 Å². The maximum absolute atomic E-state index is 12.0. The highest BCUT2D eigenvalue weighted by Gasteiger charge is 2.09. The molecule has 0 unspecified atom stereocenters. The molecule has 0 saturated heterocycles. The third kappa shape index (κ3) is 5.93. The lowest BCUT2D eigenvalue weighted by Crippen LogP contribution is -2.12. The summed E-state index contributed by atoms with van der Waals surface area (Å²) in [6, 6.07) is 11.6. The van der Waals surface area contributed by atoms with Crippen LogP contribution in [0.15, 0.2) is 48.5 Å². The molecule has 25 heavy (non-hydrogen) atoms. The monoisotopic (exact) mass is 378 g/mol. The smallest absolute Gasteiger partial charge is 0.331 e. The molecule has 0 heterocycles. The highest BCUT2D eigenvalue weighted by Crippen LogP contribution is 2.22. The lowest BCUT2D eigenvalue weighted by molar-refractivity contribution is -0.136. The van der Waals surface area contributed by atoms with Gasteiger partial charge >= 0.3 is 5.97 Å². The van der Waals surface area contributed by atoms with E-state index in [0.29, 0.717) is 33.5 Å². The van der Waals surface area contributed by atoms with Gasteiger partial charge in [0, 0.05) is 21.7 Å². The van der Waals surface area contributed by atoms with Crippen molar-refractivity contribution in [3.63, 3.8) is 0 Å². The lowest BCUT2D eigenvalue weighted by atomic mass is 10.1. The van der Waals surface area contributed by atoms with E-state index in [1.807, 2.05) is 6.92 Å². The fraction of sp³-hybridized carbons (Fsp3) is 0.158. The van der Waals surface area contributed by atoms with E-state index >= 15 is 0 Å². The van der Waals surface area contributed by atoms with Crippen LogP contribution in [0.2, 0.25) is 10.0 Å². The zero-order valence-corrected chi connectivity index (χ0v) is 15.0. The molecule has 0 aliphatic rings. The van der Waals surface area contributed by atoms with Crippen molar-refractivity contribution in [1.29, 1.82) is 0 Å². The number of rotatable bonds is 7. The van der Waals surface area contributed by atoms with Gasteiger partial charge in [-0.2, -0.15) is 0 Å². The second-order valence-corrected chi connectivity index (χ2v) is 5.83. The van der Waals surface area contributed by atoms with E-state index in [1.54, 1.807) is 42.5 Å². The molecule has 130 valence electrons. The molecule has 2 aromatic carbocycles. The number of benzene rings is 2. The molecule has 0 bridgehead atoms. The standard InChI is InChI=1S/C19H16Cl2O4/c1-2-24-16-8-4-14(5-9-16)18(22)12-25-19(23)10-6-13-3-7-15(20)11-17(13)21/h3-11H,2,12H2,1H3/b10-6+. The van der Waals surface area contributed by atoms with Crippen molar-refractivity contribution in [1.82, 2.24) is 0 Å². The molecule has 0 amide bonds. The number of hydrogen-bond donors (Lipinski definition) is 0. The number of hydrogen-bond acceptors (Lipinski definition) is 4. The number of ether oxygens (including phenoxy) is 2. The predicted octanol–water partition coefficient (Wildman–Crippen LogP) is 4.83. The van der Waals surface area contributed by atoms with Crippen LogP contribution in [-0.2, 0) is 9.53 Å². The van der Waals surface area contributed by atoms with Gasteiger partial charge in [0.05, 0.1) is 6.61 Å². The van der Waals surface area contributed by atoms with Gasteiger partial charge in [-0.25, -0.2) is 4.79 Å². The molecule has 2 aromatic rings. The van der Waals surface area contributed by atoms with Gasteiger partial charge in [-0.1, -0.05) is 29.3 Å². The molecule has 0 radical (unpaired) electrons. The maximum atomic E-state index is 12.0. The first-order chi connectivity index (χ1) is 12.0. The van der Waals surface area contributed by atoms with Gasteiger partial charge in [0.15, 0.2) is 12.4 Å². The quantitative estimate of drug-likeness (QED) is 0.393. The first kappa shape index (κ1) is 19.0. The Bertz CT molecular complexity index is 783. The van der Waals surface area contributed by atoms with Crippen molar-refractivity contribution in [2.45, 2.75) is 6.92 Å². The minimum atomic E-state index is -0.634. The van der Waals surface area contributed by atoms with Crippen molar-refractivity contribution in [2.24, 2.45) is 0 Å². The molecule has 0 aromatic heterocycles. The molecule has 0 atom stereocenters. The topological polar surface area (TPSA) is 52.6 Å². The van der Waals surface area contributed by atoms with Crippen molar-refractivity contribution in [3.05, 3.63) is 69.7 Å². The highest BCUT2D eigenvalue weighted by atomic mass is 35.5. The summed E-state index contributed by atoms with van der Waals surface area (Å²) < 4.78 is 10.3. The molecule has 6 heteroatoms. The van der Waals surface area contributed by atoms with Gasteiger partial charge in [-0.3, -0.25) is 4.79 Å². The molecular formula is C19H16Cl2O4. The van der Waals surface area contributed by atoms with Crippen molar-refractivity contribution in [2.75, 3.05) is 13.2 Å². The van der Waals surface area contributed by atoms with E-state index in [1.165, 1.54) is 12.2 Å². The largest absolute Gasteiger partial charge is 0.494 e. The third-order valence-corrected chi connectivity index (χ3v) is 3.76. The van der Waals surface area contributed by atoms with Crippen LogP contribution in [-0.4, -0.2) is 25.0 Å².